The van der Waals surface area contributed by atoms with Gasteiger partial charge in [0.15, 0.2) is 5.11 Å². The second-order valence-corrected chi connectivity index (χ2v) is 4.23. The molecule has 0 bridgehead atoms. The van der Waals surface area contributed by atoms with Gasteiger partial charge in [-0.25, -0.2) is 0 Å². The Morgan fingerprint density at radius 1 is 1.28 bits per heavy atom. The second-order valence-electron chi connectivity index (χ2n) is 3.39. The number of nitrogens with zero attached hydrogens (tertiary/aromatic N) is 1. The highest BCUT2D eigenvalue weighted by Gasteiger charge is 1.95. The minimum absolute atomic E-state index is 0.400. The van der Waals surface area contributed by atoms with Crippen LogP contribution in [0.3, 0.4) is 0 Å². The normalized spacial score (nSPS) is 10.5. The maximum atomic E-state index is 5.78. The van der Waals surface area contributed by atoms with Crippen molar-refractivity contribution in [3.05, 3.63) is 53.4 Å². The van der Waals surface area contributed by atoms with Gasteiger partial charge in [-0.2, -0.15) is 5.10 Å². The van der Waals surface area contributed by atoms with Crippen molar-refractivity contribution in [3.63, 3.8) is 0 Å². The van der Waals surface area contributed by atoms with E-state index in [1.807, 2.05) is 12.1 Å². The number of anilines is 1. The van der Waals surface area contributed by atoms with E-state index in [4.69, 9.17) is 28.2 Å². The number of thiocarbonyl (C=S) groups is 1. The molecule has 2 N–H and O–H groups in total. The largest absolute Gasteiger partial charge is 0.472 e. The molecule has 0 amide bonds. The first-order valence-corrected chi connectivity index (χ1v) is 5.90. The van der Waals surface area contributed by atoms with Crippen LogP contribution in [0.15, 0.2) is 52.4 Å². The van der Waals surface area contributed by atoms with Crippen molar-refractivity contribution in [2.45, 2.75) is 0 Å². The summed E-state index contributed by atoms with van der Waals surface area (Å²) in [5, 5.41) is 8.01. The Balaban J connectivity index is 1.84. The molecule has 1 heterocycles. The summed E-state index contributed by atoms with van der Waals surface area (Å²) >= 11 is 10.9. The summed E-state index contributed by atoms with van der Waals surface area (Å²) in [7, 11) is 0. The molecule has 0 aliphatic rings. The lowest BCUT2D eigenvalue weighted by atomic mass is 10.3. The number of nitrogens with one attached hydrogen (secondary N) is 2. The molecule has 92 valence electrons. The van der Waals surface area contributed by atoms with Crippen molar-refractivity contribution in [3.8, 4) is 0 Å². The molecule has 0 fully saturated rings. The molecule has 0 saturated heterocycles. The highest BCUT2D eigenvalue weighted by Crippen LogP contribution is 2.12. The van der Waals surface area contributed by atoms with E-state index in [9.17, 15) is 0 Å². The van der Waals surface area contributed by atoms with Crippen LogP contribution < -0.4 is 10.7 Å². The van der Waals surface area contributed by atoms with Gasteiger partial charge in [-0.15, -0.1) is 0 Å². The van der Waals surface area contributed by atoms with Crippen LogP contribution in [0.4, 0.5) is 5.69 Å². The Bertz CT molecular complexity index is 537. The standard InChI is InChI=1S/C12H10ClN3OS/c13-10-1-3-11(4-2-10)15-12(18)16-14-7-9-5-6-17-8-9/h1-8H,(H2,15,16,18)/b14-7+. The molecule has 1 aromatic carbocycles. The molecule has 4 nitrogen and oxygen atoms in total. The van der Waals surface area contributed by atoms with E-state index in [1.54, 1.807) is 36.9 Å². The Labute approximate surface area is 115 Å². The van der Waals surface area contributed by atoms with Gasteiger partial charge < -0.3 is 9.73 Å². The maximum Gasteiger partial charge on any atom is 0.191 e. The van der Waals surface area contributed by atoms with Gasteiger partial charge in [-0.05, 0) is 42.5 Å². The zero-order valence-electron chi connectivity index (χ0n) is 9.26. The van der Waals surface area contributed by atoms with Crippen LogP contribution >= 0.6 is 23.8 Å². The molecule has 0 radical (unpaired) electrons. The molecular formula is C12H10ClN3OS. The molecule has 1 aromatic heterocycles. The van der Waals surface area contributed by atoms with E-state index in [0.29, 0.717) is 10.1 Å². The Kier molecular flexibility index (Phi) is 4.33. The van der Waals surface area contributed by atoms with Gasteiger partial charge in [0.25, 0.3) is 0 Å². The van der Waals surface area contributed by atoms with Gasteiger partial charge in [0.2, 0.25) is 0 Å². The summed E-state index contributed by atoms with van der Waals surface area (Å²) in [6.45, 7) is 0. The Morgan fingerprint density at radius 3 is 2.72 bits per heavy atom. The van der Waals surface area contributed by atoms with Gasteiger partial charge in [-0.3, -0.25) is 5.43 Å². The number of hydrogen-bond donors (Lipinski definition) is 2. The molecule has 0 spiro atoms. The number of hydrazone groups is 1. The third-order valence-electron chi connectivity index (χ3n) is 2.02. The third-order valence-corrected chi connectivity index (χ3v) is 2.47. The van der Waals surface area contributed by atoms with E-state index in [2.05, 4.69) is 15.8 Å². The van der Waals surface area contributed by atoms with Crippen molar-refractivity contribution < 1.29 is 4.42 Å². The Hall–Kier alpha value is -1.85. The van der Waals surface area contributed by atoms with Crippen LogP contribution in [0.1, 0.15) is 5.56 Å². The van der Waals surface area contributed by atoms with Gasteiger partial charge >= 0.3 is 0 Å². The quantitative estimate of drug-likeness (QED) is 0.514. The van der Waals surface area contributed by atoms with Crippen molar-refractivity contribution in [2.75, 3.05) is 5.32 Å². The highest BCUT2D eigenvalue weighted by atomic mass is 35.5. The fourth-order valence-electron chi connectivity index (χ4n) is 1.21. The van der Waals surface area contributed by atoms with Gasteiger partial charge in [0, 0.05) is 16.3 Å². The molecule has 0 aliphatic carbocycles. The zero-order chi connectivity index (χ0) is 12.8. The minimum Gasteiger partial charge on any atom is -0.472 e. The molecule has 0 unspecified atom stereocenters. The van der Waals surface area contributed by atoms with Crippen LogP contribution in [0.5, 0.6) is 0 Å². The molecular weight excluding hydrogens is 270 g/mol. The van der Waals surface area contributed by atoms with Crippen LogP contribution in [0.2, 0.25) is 5.02 Å². The molecule has 0 saturated carbocycles. The number of rotatable bonds is 3. The molecule has 2 rings (SSSR count). The fraction of sp³-hybridized carbons (Fsp3) is 0. The van der Waals surface area contributed by atoms with E-state index in [0.717, 1.165) is 11.3 Å². The average molecular weight is 280 g/mol. The summed E-state index contributed by atoms with van der Waals surface area (Å²) < 4.78 is 4.90. The summed E-state index contributed by atoms with van der Waals surface area (Å²) in [6.07, 6.45) is 4.77. The van der Waals surface area contributed by atoms with Crippen molar-refractivity contribution in [1.82, 2.24) is 5.43 Å². The van der Waals surface area contributed by atoms with Gasteiger partial charge in [0.1, 0.15) is 0 Å². The Morgan fingerprint density at radius 2 is 2.06 bits per heavy atom. The highest BCUT2D eigenvalue weighted by molar-refractivity contribution is 7.80. The predicted octanol–water partition coefficient (Wildman–Crippen LogP) is 3.25. The van der Waals surface area contributed by atoms with Crippen molar-refractivity contribution in [1.29, 1.82) is 0 Å². The van der Waals surface area contributed by atoms with Crippen LogP contribution in [-0.4, -0.2) is 11.3 Å². The minimum atomic E-state index is 0.400. The van der Waals surface area contributed by atoms with Crippen LogP contribution in [0.25, 0.3) is 0 Å². The lowest BCUT2D eigenvalue weighted by Crippen LogP contribution is -2.23. The first-order chi connectivity index (χ1) is 8.74. The van der Waals surface area contributed by atoms with Gasteiger partial charge in [-0.1, -0.05) is 11.6 Å². The average Bonchev–Trinajstić information content (AvgIpc) is 2.85. The molecule has 0 atom stereocenters. The van der Waals surface area contributed by atoms with Gasteiger partial charge in [0.05, 0.1) is 18.7 Å². The van der Waals surface area contributed by atoms with E-state index in [1.165, 1.54) is 0 Å². The lowest BCUT2D eigenvalue weighted by Gasteiger charge is -2.06. The van der Waals surface area contributed by atoms with Crippen LogP contribution in [0, 0.1) is 0 Å². The molecule has 2 aromatic rings. The molecule has 0 aliphatic heterocycles. The maximum absolute atomic E-state index is 5.78. The zero-order valence-corrected chi connectivity index (χ0v) is 10.8. The van der Waals surface area contributed by atoms with Crippen molar-refractivity contribution >= 4 is 40.8 Å². The van der Waals surface area contributed by atoms with Crippen LogP contribution in [-0.2, 0) is 0 Å². The SMILES string of the molecule is S=C(N/N=C/c1ccoc1)Nc1ccc(Cl)cc1. The topological polar surface area (TPSA) is 49.6 Å². The molecule has 18 heavy (non-hydrogen) atoms. The summed E-state index contributed by atoms with van der Waals surface area (Å²) in [4.78, 5) is 0. The number of benzene rings is 1. The molecule has 6 heteroatoms. The second kappa shape index (κ2) is 6.18. The summed E-state index contributed by atoms with van der Waals surface area (Å²) in [5.41, 5.74) is 4.40. The first kappa shape index (κ1) is 12.6. The van der Waals surface area contributed by atoms with E-state index >= 15 is 0 Å². The number of furan rings is 1. The third kappa shape index (κ3) is 3.87. The smallest absolute Gasteiger partial charge is 0.191 e. The predicted molar refractivity (Wildman–Crippen MR) is 77.1 cm³/mol. The number of hydrogen-bond acceptors (Lipinski definition) is 3. The number of halogens is 1. The van der Waals surface area contributed by atoms with E-state index in [-0.39, 0.29) is 0 Å². The summed E-state index contributed by atoms with van der Waals surface area (Å²) in [5.74, 6) is 0. The monoisotopic (exact) mass is 279 g/mol. The fourth-order valence-corrected chi connectivity index (χ4v) is 1.50. The first-order valence-electron chi connectivity index (χ1n) is 5.12. The summed E-state index contributed by atoms with van der Waals surface area (Å²) in [6, 6.07) is 9.01. The van der Waals surface area contributed by atoms with E-state index < -0.39 is 0 Å². The lowest BCUT2D eigenvalue weighted by molar-refractivity contribution is 0.567. The van der Waals surface area contributed by atoms with Crippen molar-refractivity contribution in [2.24, 2.45) is 5.10 Å².